The molecule has 0 heterocycles. The molecule has 0 aromatic rings. The molecule has 0 radical (unpaired) electrons. The third-order valence-electron chi connectivity index (χ3n) is 4.52. The highest BCUT2D eigenvalue weighted by atomic mass is 32.2. The first-order chi connectivity index (χ1) is 14.3. The van der Waals surface area contributed by atoms with Crippen molar-refractivity contribution < 1.29 is 32.5 Å². The number of phosphoric acid groups is 1. The van der Waals surface area contributed by atoms with Gasteiger partial charge in [-0.2, -0.15) is 11.8 Å². The van der Waals surface area contributed by atoms with E-state index in [-0.39, 0.29) is 19.4 Å². The maximum atomic E-state index is 12.4. The fourth-order valence-corrected chi connectivity index (χ4v) is 6.08. The summed E-state index contributed by atoms with van der Waals surface area (Å²) in [6, 6.07) is 0. The fourth-order valence-electron chi connectivity index (χ4n) is 2.89. The Bertz CT molecular complexity index is 494. The topological polar surface area (TPSA) is 102 Å². The van der Waals surface area contributed by atoms with E-state index in [9.17, 15) is 18.9 Å². The molecular formula is C20H44O7P2S. The number of unbranched alkanes of at least 4 members (excludes halogenated alkanes) is 9. The molecule has 0 aromatic carbocycles. The van der Waals surface area contributed by atoms with Gasteiger partial charge >= 0.3 is 15.4 Å². The first kappa shape index (κ1) is 30.6. The lowest BCUT2D eigenvalue weighted by atomic mass is 10.1. The zero-order valence-corrected chi connectivity index (χ0v) is 21.7. The summed E-state index contributed by atoms with van der Waals surface area (Å²) in [5, 5.41) is 0. The summed E-state index contributed by atoms with van der Waals surface area (Å²) < 4.78 is 39.4. The second-order valence-electron chi connectivity index (χ2n) is 7.53. The van der Waals surface area contributed by atoms with Crippen LogP contribution in [0, 0.1) is 0 Å². The normalized spacial score (nSPS) is 16.8. The molecule has 0 aliphatic heterocycles. The van der Waals surface area contributed by atoms with E-state index >= 15 is 0 Å². The van der Waals surface area contributed by atoms with Crippen LogP contribution in [0.5, 0.6) is 0 Å². The molecule has 0 aliphatic rings. The van der Waals surface area contributed by atoms with Crippen LogP contribution >= 0.6 is 27.2 Å². The Labute approximate surface area is 188 Å². The molecule has 0 fully saturated rings. The SMILES string of the molecule is CCCCCCCCSC[C@@H](COP(=O)(O)OCC)OP(=O)(O)CCCCCCC. The smallest absolute Gasteiger partial charge is 0.324 e. The second-order valence-corrected chi connectivity index (χ2v) is 12.1. The molecule has 2 N–H and O–H groups in total. The molecule has 0 saturated heterocycles. The van der Waals surface area contributed by atoms with Gasteiger partial charge in [-0.1, -0.05) is 71.6 Å². The zero-order chi connectivity index (χ0) is 22.7. The molecule has 30 heavy (non-hydrogen) atoms. The predicted octanol–water partition coefficient (Wildman–Crippen LogP) is 6.77. The largest absolute Gasteiger partial charge is 0.472 e. The molecule has 0 aromatic heterocycles. The van der Waals surface area contributed by atoms with E-state index in [0.29, 0.717) is 12.2 Å². The third-order valence-corrected chi connectivity index (χ3v) is 8.27. The van der Waals surface area contributed by atoms with Crippen LogP contribution in [0.2, 0.25) is 0 Å². The van der Waals surface area contributed by atoms with Gasteiger partial charge in [0.2, 0.25) is 0 Å². The molecule has 0 amide bonds. The van der Waals surface area contributed by atoms with E-state index in [4.69, 9.17) is 13.6 Å². The molecule has 3 atom stereocenters. The van der Waals surface area contributed by atoms with Crippen LogP contribution in [0.1, 0.15) is 91.4 Å². The number of rotatable bonds is 22. The summed E-state index contributed by atoms with van der Waals surface area (Å²) in [5.41, 5.74) is 0. The van der Waals surface area contributed by atoms with Gasteiger partial charge in [0.15, 0.2) is 0 Å². The lowest BCUT2D eigenvalue weighted by Gasteiger charge is -2.22. The number of thioether (sulfide) groups is 1. The lowest BCUT2D eigenvalue weighted by molar-refractivity contribution is 0.0918. The highest BCUT2D eigenvalue weighted by molar-refractivity contribution is 7.99. The van der Waals surface area contributed by atoms with Crippen molar-refractivity contribution in [3.8, 4) is 0 Å². The summed E-state index contributed by atoms with van der Waals surface area (Å²) in [4.78, 5) is 19.8. The first-order valence-corrected chi connectivity index (χ1v) is 15.9. The summed E-state index contributed by atoms with van der Waals surface area (Å²) in [5.74, 6) is 1.35. The van der Waals surface area contributed by atoms with Crippen molar-refractivity contribution in [2.45, 2.75) is 97.5 Å². The van der Waals surface area contributed by atoms with Gasteiger partial charge in [0.05, 0.1) is 13.2 Å². The van der Waals surface area contributed by atoms with Gasteiger partial charge in [-0.15, -0.1) is 0 Å². The average molecular weight is 491 g/mol. The maximum absolute atomic E-state index is 12.4. The van der Waals surface area contributed by atoms with Gasteiger partial charge < -0.3 is 14.3 Å². The van der Waals surface area contributed by atoms with E-state index in [2.05, 4.69) is 13.8 Å². The Balaban J connectivity index is 4.45. The minimum atomic E-state index is -4.17. The minimum Gasteiger partial charge on any atom is -0.324 e. The number of hydrogen-bond donors (Lipinski definition) is 2. The summed E-state index contributed by atoms with van der Waals surface area (Å²) in [6.45, 7) is 5.70. The van der Waals surface area contributed by atoms with Crippen molar-refractivity contribution in [2.24, 2.45) is 0 Å². The monoisotopic (exact) mass is 490 g/mol. The first-order valence-electron chi connectivity index (χ1n) is 11.5. The second kappa shape index (κ2) is 19.1. The number of hydrogen-bond acceptors (Lipinski definition) is 6. The molecular weight excluding hydrogens is 446 g/mol. The van der Waals surface area contributed by atoms with Gasteiger partial charge in [-0.3, -0.25) is 13.6 Å². The Morgan fingerprint density at radius 2 is 1.37 bits per heavy atom. The van der Waals surface area contributed by atoms with Crippen LogP contribution in [0.4, 0.5) is 0 Å². The van der Waals surface area contributed by atoms with Crippen molar-refractivity contribution in [1.29, 1.82) is 0 Å². The van der Waals surface area contributed by atoms with Gasteiger partial charge in [-0.25, -0.2) is 4.57 Å². The molecule has 182 valence electrons. The van der Waals surface area contributed by atoms with E-state index in [1.165, 1.54) is 32.1 Å². The van der Waals surface area contributed by atoms with Crippen LogP contribution in [0.15, 0.2) is 0 Å². The highest BCUT2D eigenvalue weighted by Gasteiger charge is 2.28. The Morgan fingerprint density at radius 3 is 1.97 bits per heavy atom. The van der Waals surface area contributed by atoms with Crippen molar-refractivity contribution in [3.63, 3.8) is 0 Å². The van der Waals surface area contributed by atoms with E-state index in [1.807, 2.05) is 0 Å². The quantitative estimate of drug-likeness (QED) is 0.127. The predicted molar refractivity (Wildman–Crippen MR) is 126 cm³/mol. The maximum Gasteiger partial charge on any atom is 0.472 e. The molecule has 10 heteroatoms. The molecule has 0 aliphatic carbocycles. The molecule has 0 spiro atoms. The Hall–Kier alpha value is 0.610. The van der Waals surface area contributed by atoms with Gasteiger partial charge in [0.1, 0.15) is 6.10 Å². The van der Waals surface area contributed by atoms with Crippen molar-refractivity contribution in [2.75, 3.05) is 30.9 Å². The average Bonchev–Trinajstić information content (AvgIpc) is 2.67. The van der Waals surface area contributed by atoms with Crippen LogP contribution in [0.3, 0.4) is 0 Å². The van der Waals surface area contributed by atoms with Crippen LogP contribution < -0.4 is 0 Å². The van der Waals surface area contributed by atoms with E-state index in [1.54, 1.807) is 18.7 Å². The molecule has 2 unspecified atom stereocenters. The number of phosphoric ester groups is 1. The van der Waals surface area contributed by atoms with Crippen LogP contribution in [-0.4, -0.2) is 46.8 Å². The van der Waals surface area contributed by atoms with Gasteiger partial charge in [0, 0.05) is 11.9 Å². The van der Waals surface area contributed by atoms with Gasteiger partial charge in [-0.05, 0) is 25.5 Å². The molecule has 7 nitrogen and oxygen atoms in total. The summed E-state index contributed by atoms with van der Waals surface area (Å²) in [7, 11) is -7.94. The Morgan fingerprint density at radius 1 is 0.800 bits per heavy atom. The van der Waals surface area contributed by atoms with Crippen molar-refractivity contribution in [1.82, 2.24) is 0 Å². The summed E-state index contributed by atoms with van der Waals surface area (Å²) in [6.07, 6.45) is 11.4. The Kier molecular flexibility index (Phi) is 19.5. The summed E-state index contributed by atoms with van der Waals surface area (Å²) >= 11 is 1.62. The van der Waals surface area contributed by atoms with Crippen LogP contribution in [0.25, 0.3) is 0 Å². The fraction of sp³-hybridized carbons (Fsp3) is 1.00. The zero-order valence-electron chi connectivity index (χ0n) is 19.1. The third kappa shape index (κ3) is 19.3. The van der Waals surface area contributed by atoms with Crippen molar-refractivity contribution in [3.05, 3.63) is 0 Å². The standard InChI is InChI=1S/C20H44O7P2S/c1-4-7-9-11-13-15-17-30-19-20(18-26-29(23,24)25-6-3)27-28(21,22)16-14-12-10-8-5-2/h20H,4-19H2,1-3H3,(H,21,22)(H,23,24)/t20-/m1/s1. The van der Waals surface area contributed by atoms with Crippen molar-refractivity contribution >= 4 is 27.2 Å². The van der Waals surface area contributed by atoms with Crippen LogP contribution in [-0.2, 0) is 22.7 Å². The molecule has 0 bridgehead atoms. The molecule has 0 rings (SSSR count). The van der Waals surface area contributed by atoms with Gasteiger partial charge in [0.25, 0.3) is 0 Å². The minimum absolute atomic E-state index is 0.0440. The van der Waals surface area contributed by atoms with E-state index in [0.717, 1.165) is 37.9 Å². The van der Waals surface area contributed by atoms with E-state index < -0.39 is 21.5 Å². The molecule has 0 saturated carbocycles. The lowest BCUT2D eigenvalue weighted by Crippen LogP contribution is -2.22. The highest BCUT2D eigenvalue weighted by Crippen LogP contribution is 2.47.